The molecule has 1 aliphatic heterocycles. The average molecular weight is 188 g/mol. The maximum atomic E-state index is 5.58. The third kappa shape index (κ3) is 2.91. The molecule has 4 heteroatoms. The van der Waals surface area contributed by atoms with Gasteiger partial charge in [0.2, 0.25) is 0 Å². The molecule has 0 unspecified atom stereocenters. The van der Waals surface area contributed by atoms with Crippen LogP contribution in [0.1, 0.15) is 6.92 Å². The molecule has 0 aromatic heterocycles. The average Bonchev–Trinajstić information content (AvgIpc) is 2.49. The minimum atomic E-state index is 0.214. The zero-order valence-corrected chi connectivity index (χ0v) is 8.53. The molecule has 0 saturated carbocycles. The number of likely N-dealkylation sites (tertiary alicyclic amines) is 1. The van der Waals surface area contributed by atoms with E-state index in [4.69, 9.17) is 15.2 Å². The van der Waals surface area contributed by atoms with E-state index in [1.807, 2.05) is 6.92 Å². The predicted molar refractivity (Wildman–Crippen MR) is 51.7 cm³/mol. The lowest BCUT2D eigenvalue weighted by molar-refractivity contribution is -0.0233. The van der Waals surface area contributed by atoms with Crippen LogP contribution >= 0.6 is 0 Å². The van der Waals surface area contributed by atoms with Crippen molar-refractivity contribution in [2.75, 3.05) is 39.9 Å². The molecule has 1 aliphatic rings. The minimum absolute atomic E-state index is 0.214. The van der Waals surface area contributed by atoms with Crippen LogP contribution in [0, 0.1) is 0 Å². The van der Waals surface area contributed by atoms with Crippen molar-refractivity contribution in [2.24, 2.45) is 5.73 Å². The highest BCUT2D eigenvalue weighted by molar-refractivity contribution is 4.85. The van der Waals surface area contributed by atoms with Crippen LogP contribution in [0.3, 0.4) is 0 Å². The zero-order chi connectivity index (χ0) is 9.68. The molecule has 0 radical (unpaired) electrons. The smallest absolute Gasteiger partial charge is 0.0975 e. The molecule has 1 saturated heterocycles. The standard InChI is InChI=1S/C9H20N2O2/c1-3-13-9-7-11(5-4-10)6-8(9)12-2/h8-9H,3-7,10H2,1-2H3/t8-,9+/m0/s1. The van der Waals surface area contributed by atoms with E-state index >= 15 is 0 Å². The number of hydrogen-bond acceptors (Lipinski definition) is 4. The van der Waals surface area contributed by atoms with Gasteiger partial charge in [0.25, 0.3) is 0 Å². The van der Waals surface area contributed by atoms with Crippen molar-refractivity contribution in [3.05, 3.63) is 0 Å². The Hall–Kier alpha value is -0.160. The number of hydrogen-bond donors (Lipinski definition) is 1. The van der Waals surface area contributed by atoms with Crippen molar-refractivity contribution in [2.45, 2.75) is 19.1 Å². The fourth-order valence-corrected chi connectivity index (χ4v) is 1.78. The van der Waals surface area contributed by atoms with Gasteiger partial charge in [-0.1, -0.05) is 0 Å². The van der Waals surface area contributed by atoms with E-state index in [9.17, 15) is 0 Å². The monoisotopic (exact) mass is 188 g/mol. The van der Waals surface area contributed by atoms with E-state index in [-0.39, 0.29) is 12.2 Å². The molecule has 0 spiro atoms. The summed E-state index contributed by atoms with van der Waals surface area (Å²) in [5.41, 5.74) is 5.49. The van der Waals surface area contributed by atoms with Gasteiger partial charge < -0.3 is 15.2 Å². The summed E-state index contributed by atoms with van der Waals surface area (Å²) in [7, 11) is 1.74. The molecule has 78 valence electrons. The summed E-state index contributed by atoms with van der Waals surface area (Å²) >= 11 is 0. The summed E-state index contributed by atoms with van der Waals surface area (Å²) in [5, 5.41) is 0. The molecule has 0 aromatic rings. The topological polar surface area (TPSA) is 47.7 Å². The Balaban J connectivity index is 2.36. The Morgan fingerprint density at radius 1 is 1.38 bits per heavy atom. The van der Waals surface area contributed by atoms with Gasteiger partial charge >= 0.3 is 0 Å². The summed E-state index contributed by atoms with van der Waals surface area (Å²) < 4.78 is 10.9. The van der Waals surface area contributed by atoms with E-state index in [0.717, 1.165) is 26.2 Å². The van der Waals surface area contributed by atoms with Crippen molar-refractivity contribution in [3.63, 3.8) is 0 Å². The SMILES string of the molecule is CCO[C@@H]1CN(CCN)C[C@@H]1OC. The van der Waals surface area contributed by atoms with Gasteiger partial charge in [0.15, 0.2) is 0 Å². The highest BCUT2D eigenvalue weighted by Crippen LogP contribution is 2.15. The highest BCUT2D eigenvalue weighted by Gasteiger charge is 2.32. The second-order valence-corrected chi connectivity index (χ2v) is 3.32. The van der Waals surface area contributed by atoms with Crippen LogP contribution < -0.4 is 5.73 Å². The Bertz CT molecular complexity index is 144. The molecule has 1 fully saturated rings. The van der Waals surface area contributed by atoms with Crippen molar-refractivity contribution in [3.8, 4) is 0 Å². The fraction of sp³-hybridized carbons (Fsp3) is 1.00. The van der Waals surface area contributed by atoms with Crippen molar-refractivity contribution < 1.29 is 9.47 Å². The maximum Gasteiger partial charge on any atom is 0.0975 e. The van der Waals surface area contributed by atoms with Crippen molar-refractivity contribution in [1.29, 1.82) is 0 Å². The van der Waals surface area contributed by atoms with Gasteiger partial charge in [-0.2, -0.15) is 0 Å². The van der Waals surface area contributed by atoms with E-state index in [0.29, 0.717) is 6.54 Å². The Labute approximate surface area is 80.0 Å². The third-order valence-corrected chi connectivity index (χ3v) is 2.42. The van der Waals surface area contributed by atoms with Crippen LogP contribution in [-0.2, 0) is 9.47 Å². The molecule has 0 amide bonds. The number of ether oxygens (including phenoxy) is 2. The van der Waals surface area contributed by atoms with Crippen LogP contribution in [0.15, 0.2) is 0 Å². The van der Waals surface area contributed by atoms with Gasteiger partial charge in [-0.05, 0) is 6.92 Å². The largest absolute Gasteiger partial charge is 0.377 e. The van der Waals surface area contributed by atoms with E-state index in [2.05, 4.69) is 4.90 Å². The van der Waals surface area contributed by atoms with Gasteiger partial charge in [0, 0.05) is 39.9 Å². The molecular formula is C9H20N2O2. The molecule has 0 bridgehead atoms. The predicted octanol–water partition coefficient (Wildman–Crippen LogP) is -0.319. The highest BCUT2D eigenvalue weighted by atomic mass is 16.5. The van der Waals surface area contributed by atoms with Crippen molar-refractivity contribution >= 4 is 0 Å². The second kappa shape index (κ2) is 5.54. The van der Waals surface area contributed by atoms with Crippen molar-refractivity contribution in [1.82, 2.24) is 4.90 Å². The van der Waals surface area contributed by atoms with Gasteiger partial charge in [0.05, 0.1) is 12.2 Å². The van der Waals surface area contributed by atoms with Crippen LogP contribution in [0.5, 0.6) is 0 Å². The molecule has 0 aromatic carbocycles. The summed E-state index contributed by atoms with van der Waals surface area (Å²) in [6.07, 6.45) is 0.438. The lowest BCUT2D eigenvalue weighted by atomic mass is 10.2. The quantitative estimate of drug-likeness (QED) is 0.642. The number of nitrogens with zero attached hydrogens (tertiary/aromatic N) is 1. The number of rotatable bonds is 5. The second-order valence-electron chi connectivity index (χ2n) is 3.32. The van der Waals surface area contributed by atoms with E-state index < -0.39 is 0 Å². The Morgan fingerprint density at radius 2 is 2.08 bits per heavy atom. The third-order valence-electron chi connectivity index (χ3n) is 2.42. The van der Waals surface area contributed by atoms with Crippen LogP contribution in [0.2, 0.25) is 0 Å². The fourth-order valence-electron chi connectivity index (χ4n) is 1.78. The minimum Gasteiger partial charge on any atom is -0.377 e. The first kappa shape index (κ1) is 10.9. The van der Waals surface area contributed by atoms with Crippen LogP contribution in [0.4, 0.5) is 0 Å². The first-order valence-corrected chi connectivity index (χ1v) is 4.88. The normalized spacial score (nSPS) is 29.8. The summed E-state index contributed by atoms with van der Waals surface area (Å²) in [6.45, 7) is 6.29. The van der Waals surface area contributed by atoms with Crippen LogP contribution in [0.25, 0.3) is 0 Å². The summed E-state index contributed by atoms with van der Waals surface area (Å²) in [5.74, 6) is 0. The lowest BCUT2D eigenvalue weighted by Gasteiger charge is -2.16. The van der Waals surface area contributed by atoms with Gasteiger partial charge in [-0.15, -0.1) is 0 Å². The first-order valence-electron chi connectivity index (χ1n) is 4.88. The summed E-state index contributed by atoms with van der Waals surface area (Å²) in [6, 6.07) is 0. The molecule has 2 N–H and O–H groups in total. The van der Waals surface area contributed by atoms with Gasteiger partial charge in [-0.25, -0.2) is 0 Å². The van der Waals surface area contributed by atoms with Crippen LogP contribution in [-0.4, -0.2) is 57.0 Å². The zero-order valence-electron chi connectivity index (χ0n) is 8.53. The summed E-state index contributed by atoms with van der Waals surface area (Å²) in [4.78, 5) is 2.29. The van der Waals surface area contributed by atoms with Gasteiger partial charge in [-0.3, -0.25) is 4.90 Å². The molecular weight excluding hydrogens is 168 g/mol. The van der Waals surface area contributed by atoms with Gasteiger partial charge in [0.1, 0.15) is 0 Å². The van der Waals surface area contributed by atoms with E-state index in [1.54, 1.807) is 7.11 Å². The molecule has 1 rings (SSSR count). The molecule has 4 nitrogen and oxygen atoms in total. The Kier molecular flexibility index (Phi) is 4.66. The number of nitrogens with two attached hydrogens (primary N) is 1. The Morgan fingerprint density at radius 3 is 2.62 bits per heavy atom. The maximum absolute atomic E-state index is 5.58. The molecule has 0 aliphatic carbocycles. The first-order chi connectivity index (χ1) is 6.31. The molecule has 13 heavy (non-hydrogen) atoms. The number of methoxy groups -OCH3 is 1. The van der Waals surface area contributed by atoms with E-state index in [1.165, 1.54) is 0 Å². The molecule has 2 atom stereocenters. The molecule has 1 heterocycles. The lowest BCUT2D eigenvalue weighted by Crippen LogP contribution is -2.28.